The third-order valence-corrected chi connectivity index (χ3v) is 4.23. The van der Waals surface area contributed by atoms with E-state index in [2.05, 4.69) is 10.1 Å². The molecule has 0 unspecified atom stereocenters. The Labute approximate surface area is 148 Å². The van der Waals surface area contributed by atoms with Crippen LogP contribution in [-0.2, 0) is 4.79 Å². The Morgan fingerprint density at radius 1 is 1.15 bits per heavy atom. The van der Waals surface area contributed by atoms with Crippen molar-refractivity contribution >= 4 is 17.5 Å². The van der Waals surface area contributed by atoms with E-state index in [0.29, 0.717) is 37.4 Å². The maximum Gasteiger partial charge on any atom is 0.387 e. The van der Waals surface area contributed by atoms with E-state index in [1.807, 2.05) is 0 Å². The predicted molar refractivity (Wildman–Crippen MR) is 89.0 cm³/mol. The van der Waals surface area contributed by atoms with E-state index >= 15 is 0 Å². The minimum Gasteiger partial charge on any atom is -0.459 e. The molecular weight excluding hydrogens is 346 g/mol. The van der Waals surface area contributed by atoms with Crippen molar-refractivity contribution in [1.82, 2.24) is 4.90 Å². The van der Waals surface area contributed by atoms with Gasteiger partial charge < -0.3 is 19.4 Å². The van der Waals surface area contributed by atoms with Gasteiger partial charge in [0.1, 0.15) is 5.75 Å². The molecule has 2 heterocycles. The molecule has 2 amide bonds. The number of carbonyl (C=O) groups is 2. The molecule has 6 nitrogen and oxygen atoms in total. The number of likely N-dealkylation sites (tertiary alicyclic amines) is 1. The minimum atomic E-state index is -2.88. The van der Waals surface area contributed by atoms with Crippen molar-refractivity contribution in [3.63, 3.8) is 0 Å². The lowest BCUT2D eigenvalue weighted by molar-refractivity contribution is -0.121. The van der Waals surface area contributed by atoms with Gasteiger partial charge >= 0.3 is 6.61 Å². The first-order chi connectivity index (χ1) is 12.5. The zero-order chi connectivity index (χ0) is 18.5. The summed E-state index contributed by atoms with van der Waals surface area (Å²) in [6.45, 7) is -1.94. The zero-order valence-corrected chi connectivity index (χ0v) is 13.9. The van der Waals surface area contributed by atoms with Crippen LogP contribution in [-0.4, -0.2) is 36.4 Å². The molecular formula is C18H18F2N2O4. The minimum absolute atomic E-state index is 0.0303. The highest BCUT2D eigenvalue weighted by atomic mass is 19.3. The van der Waals surface area contributed by atoms with Gasteiger partial charge in [0.25, 0.3) is 5.91 Å². The number of furan rings is 1. The van der Waals surface area contributed by atoms with Crippen molar-refractivity contribution in [3.8, 4) is 5.75 Å². The third kappa shape index (κ3) is 4.38. The Hall–Kier alpha value is -2.90. The molecule has 0 aliphatic carbocycles. The Balaban J connectivity index is 1.50. The fourth-order valence-electron chi connectivity index (χ4n) is 2.86. The molecule has 1 N–H and O–H groups in total. The number of ether oxygens (including phenoxy) is 1. The standard InChI is InChI=1S/C18H18F2N2O4/c19-18(20)26-14-5-3-13(4-6-14)21-16(23)12-7-9-22(10-8-12)17(24)15-2-1-11-25-15/h1-6,11-12,18H,7-10H2,(H,21,23). The van der Waals surface area contributed by atoms with Crippen LogP contribution in [0.4, 0.5) is 14.5 Å². The van der Waals surface area contributed by atoms with E-state index in [9.17, 15) is 18.4 Å². The van der Waals surface area contributed by atoms with Crippen LogP contribution in [0, 0.1) is 5.92 Å². The van der Waals surface area contributed by atoms with Gasteiger partial charge in [0.15, 0.2) is 5.76 Å². The number of piperidine rings is 1. The van der Waals surface area contributed by atoms with E-state index < -0.39 is 6.61 Å². The third-order valence-electron chi connectivity index (χ3n) is 4.23. The first-order valence-electron chi connectivity index (χ1n) is 8.21. The summed E-state index contributed by atoms with van der Waals surface area (Å²) in [7, 11) is 0. The normalized spacial score (nSPS) is 15.1. The lowest BCUT2D eigenvalue weighted by Gasteiger charge is -2.30. The summed E-state index contributed by atoms with van der Waals surface area (Å²) >= 11 is 0. The molecule has 138 valence electrons. The van der Waals surface area contributed by atoms with E-state index in [0.717, 1.165) is 0 Å². The van der Waals surface area contributed by atoms with Crippen LogP contribution in [0.25, 0.3) is 0 Å². The smallest absolute Gasteiger partial charge is 0.387 e. The largest absolute Gasteiger partial charge is 0.459 e. The van der Waals surface area contributed by atoms with Crippen molar-refractivity contribution in [3.05, 3.63) is 48.4 Å². The zero-order valence-electron chi connectivity index (χ0n) is 13.9. The topological polar surface area (TPSA) is 71.8 Å². The van der Waals surface area contributed by atoms with Gasteiger partial charge in [-0.1, -0.05) is 0 Å². The molecule has 1 saturated heterocycles. The molecule has 2 aromatic rings. The molecule has 0 bridgehead atoms. The summed E-state index contributed by atoms with van der Waals surface area (Å²) in [6, 6.07) is 9.02. The van der Waals surface area contributed by atoms with Gasteiger partial charge in [0, 0.05) is 24.7 Å². The van der Waals surface area contributed by atoms with Gasteiger partial charge in [-0.3, -0.25) is 9.59 Å². The first kappa shape index (κ1) is 17.9. The fraction of sp³-hybridized carbons (Fsp3) is 0.333. The van der Waals surface area contributed by atoms with Crippen LogP contribution in [0.5, 0.6) is 5.75 Å². The molecule has 3 rings (SSSR count). The molecule has 1 fully saturated rings. The summed E-state index contributed by atoms with van der Waals surface area (Å²) in [5.74, 6) is -0.226. The summed E-state index contributed by atoms with van der Waals surface area (Å²) in [5, 5.41) is 2.76. The summed E-state index contributed by atoms with van der Waals surface area (Å²) in [5.41, 5.74) is 0.505. The quantitative estimate of drug-likeness (QED) is 0.883. The van der Waals surface area contributed by atoms with Crippen molar-refractivity contribution in [2.24, 2.45) is 5.92 Å². The summed E-state index contributed by atoms with van der Waals surface area (Å²) < 4.78 is 33.6. The summed E-state index contributed by atoms with van der Waals surface area (Å²) in [4.78, 5) is 26.2. The monoisotopic (exact) mass is 364 g/mol. The second kappa shape index (κ2) is 7.99. The molecule has 0 spiro atoms. The van der Waals surface area contributed by atoms with Crippen LogP contribution in [0.2, 0.25) is 0 Å². The van der Waals surface area contributed by atoms with E-state index in [-0.39, 0.29) is 23.5 Å². The highest BCUT2D eigenvalue weighted by molar-refractivity contribution is 5.94. The second-order valence-electron chi connectivity index (χ2n) is 5.94. The van der Waals surface area contributed by atoms with Gasteiger partial charge in [-0.2, -0.15) is 8.78 Å². The number of amides is 2. The number of alkyl halides is 2. The Morgan fingerprint density at radius 2 is 1.85 bits per heavy atom. The molecule has 0 radical (unpaired) electrons. The number of nitrogens with one attached hydrogen (secondary N) is 1. The highest BCUT2D eigenvalue weighted by Crippen LogP contribution is 2.22. The van der Waals surface area contributed by atoms with Crippen LogP contribution in [0.3, 0.4) is 0 Å². The molecule has 1 aliphatic heterocycles. The lowest BCUT2D eigenvalue weighted by atomic mass is 9.95. The number of halogens is 2. The number of hydrogen-bond acceptors (Lipinski definition) is 4. The second-order valence-corrected chi connectivity index (χ2v) is 5.94. The number of carbonyl (C=O) groups excluding carboxylic acids is 2. The number of rotatable bonds is 5. The Bertz CT molecular complexity index is 739. The van der Waals surface area contributed by atoms with Gasteiger partial charge in [-0.05, 0) is 49.2 Å². The molecule has 1 aliphatic rings. The lowest BCUT2D eigenvalue weighted by Crippen LogP contribution is -2.41. The molecule has 0 saturated carbocycles. The fourth-order valence-corrected chi connectivity index (χ4v) is 2.86. The number of benzene rings is 1. The van der Waals surface area contributed by atoms with Crippen LogP contribution >= 0.6 is 0 Å². The number of hydrogen-bond donors (Lipinski definition) is 1. The van der Waals surface area contributed by atoms with E-state index in [1.54, 1.807) is 17.0 Å². The van der Waals surface area contributed by atoms with Gasteiger partial charge in [-0.15, -0.1) is 0 Å². The van der Waals surface area contributed by atoms with Crippen LogP contribution in [0.1, 0.15) is 23.4 Å². The van der Waals surface area contributed by atoms with Crippen molar-refractivity contribution in [2.45, 2.75) is 19.5 Å². The van der Waals surface area contributed by atoms with Gasteiger partial charge in [-0.25, -0.2) is 0 Å². The van der Waals surface area contributed by atoms with E-state index in [1.165, 1.54) is 30.5 Å². The average Bonchev–Trinajstić information content (AvgIpc) is 3.17. The average molecular weight is 364 g/mol. The Morgan fingerprint density at radius 3 is 2.42 bits per heavy atom. The summed E-state index contributed by atoms with van der Waals surface area (Å²) in [6.07, 6.45) is 2.54. The Kier molecular flexibility index (Phi) is 5.50. The molecule has 0 atom stereocenters. The first-order valence-corrected chi connectivity index (χ1v) is 8.21. The SMILES string of the molecule is O=C(Nc1ccc(OC(F)F)cc1)C1CCN(C(=O)c2ccco2)CC1. The van der Waals surface area contributed by atoms with Gasteiger partial charge in [0.2, 0.25) is 5.91 Å². The van der Waals surface area contributed by atoms with Gasteiger partial charge in [0.05, 0.1) is 6.26 Å². The maximum atomic E-state index is 12.4. The highest BCUT2D eigenvalue weighted by Gasteiger charge is 2.28. The van der Waals surface area contributed by atoms with E-state index in [4.69, 9.17) is 4.42 Å². The van der Waals surface area contributed by atoms with Crippen molar-refractivity contribution in [1.29, 1.82) is 0 Å². The molecule has 26 heavy (non-hydrogen) atoms. The maximum absolute atomic E-state index is 12.4. The van der Waals surface area contributed by atoms with Crippen molar-refractivity contribution < 1.29 is 27.5 Å². The van der Waals surface area contributed by atoms with Crippen molar-refractivity contribution in [2.75, 3.05) is 18.4 Å². The van der Waals surface area contributed by atoms with Crippen LogP contribution in [0.15, 0.2) is 47.1 Å². The molecule has 8 heteroatoms. The number of anilines is 1. The van der Waals surface area contributed by atoms with Crippen LogP contribution < -0.4 is 10.1 Å². The number of nitrogens with zero attached hydrogens (tertiary/aromatic N) is 1. The molecule has 1 aromatic heterocycles. The predicted octanol–water partition coefficient (Wildman–Crippen LogP) is 3.37. The molecule has 1 aromatic carbocycles.